The zero-order valence-corrected chi connectivity index (χ0v) is 13.9. The molecule has 5 heteroatoms. The van der Waals surface area contributed by atoms with E-state index in [1.54, 1.807) is 24.5 Å². The van der Waals surface area contributed by atoms with Crippen LogP contribution in [0.2, 0.25) is 0 Å². The highest BCUT2D eigenvalue weighted by Crippen LogP contribution is 2.33. The molecule has 3 nitrogen and oxygen atoms in total. The first-order valence-corrected chi connectivity index (χ1v) is 8.35. The smallest absolute Gasteiger partial charge is 0.147 e. The van der Waals surface area contributed by atoms with Gasteiger partial charge in [0.05, 0.1) is 11.0 Å². The largest absolute Gasteiger partial charge is 0.359 e. The number of rotatable bonds is 5. The fourth-order valence-corrected chi connectivity index (χ4v) is 3.51. The van der Waals surface area contributed by atoms with Crippen LogP contribution in [0.25, 0.3) is 21.8 Å². The minimum Gasteiger partial charge on any atom is -0.359 e. The molecule has 0 aliphatic carbocycles. The van der Waals surface area contributed by atoms with Crippen LogP contribution in [0, 0.1) is 11.6 Å². The highest BCUT2D eigenvalue weighted by atomic mass is 19.1. The van der Waals surface area contributed by atoms with Crippen LogP contribution in [0.1, 0.15) is 23.5 Å². The molecule has 4 aromatic rings. The number of hydrogen-bond donors (Lipinski definition) is 3. The van der Waals surface area contributed by atoms with Gasteiger partial charge in [-0.15, -0.1) is 0 Å². The molecule has 0 saturated carbocycles. The van der Waals surface area contributed by atoms with Crippen LogP contribution in [0.3, 0.4) is 0 Å². The summed E-state index contributed by atoms with van der Waals surface area (Å²) in [6, 6.07) is 10.8. The van der Waals surface area contributed by atoms with Gasteiger partial charge in [0.15, 0.2) is 0 Å². The Bertz CT molecular complexity index is 952. The third kappa shape index (κ3) is 2.81. The van der Waals surface area contributed by atoms with Gasteiger partial charge in [-0.05, 0) is 67.5 Å². The van der Waals surface area contributed by atoms with Crippen molar-refractivity contribution in [2.24, 2.45) is 0 Å². The summed E-state index contributed by atoms with van der Waals surface area (Å²) in [5.41, 5.74) is 2.72. The van der Waals surface area contributed by atoms with E-state index >= 15 is 0 Å². The first-order valence-electron chi connectivity index (χ1n) is 8.35. The molecule has 2 aromatic carbocycles. The quantitative estimate of drug-likeness (QED) is 0.486. The number of aromatic amines is 2. The molecular weight excluding hydrogens is 320 g/mol. The van der Waals surface area contributed by atoms with Crippen LogP contribution in [0.15, 0.2) is 48.8 Å². The SMILES string of the molecule is CNCCC(c1cc(F)c2[nH]ccc2c1)c1cc(F)c2[nH]ccc2c1. The summed E-state index contributed by atoms with van der Waals surface area (Å²) < 4.78 is 28.9. The van der Waals surface area contributed by atoms with Gasteiger partial charge in [0.25, 0.3) is 0 Å². The third-order valence-corrected chi connectivity index (χ3v) is 4.76. The molecule has 25 heavy (non-hydrogen) atoms. The Morgan fingerprint density at radius 2 is 1.40 bits per heavy atom. The fourth-order valence-electron chi connectivity index (χ4n) is 3.51. The topological polar surface area (TPSA) is 43.6 Å². The molecule has 2 heterocycles. The van der Waals surface area contributed by atoms with Crippen molar-refractivity contribution in [2.75, 3.05) is 13.6 Å². The standard InChI is InChI=1S/C20H19F2N3/c1-23-5-4-16(14-8-12-2-6-24-19(12)17(21)10-14)15-9-13-3-7-25-20(13)18(22)11-15/h2-3,6-11,16,23-25H,4-5H2,1H3. The average molecular weight is 339 g/mol. The Morgan fingerprint density at radius 1 is 0.880 bits per heavy atom. The van der Waals surface area contributed by atoms with Crippen LogP contribution in [-0.2, 0) is 0 Å². The maximum Gasteiger partial charge on any atom is 0.147 e. The molecule has 0 saturated heterocycles. The van der Waals surface area contributed by atoms with E-state index in [4.69, 9.17) is 0 Å². The molecule has 3 N–H and O–H groups in total. The second-order valence-corrected chi connectivity index (χ2v) is 6.33. The molecule has 0 spiro atoms. The van der Waals surface area contributed by atoms with E-state index in [-0.39, 0.29) is 17.6 Å². The normalized spacial score (nSPS) is 11.8. The average Bonchev–Trinajstić information content (AvgIpc) is 3.24. The van der Waals surface area contributed by atoms with Crippen molar-refractivity contribution in [1.29, 1.82) is 0 Å². The second kappa shape index (κ2) is 6.33. The number of halogens is 2. The molecular formula is C20H19F2N3. The summed E-state index contributed by atoms with van der Waals surface area (Å²) in [6.45, 7) is 0.754. The van der Waals surface area contributed by atoms with Crippen molar-refractivity contribution in [1.82, 2.24) is 15.3 Å². The van der Waals surface area contributed by atoms with Crippen LogP contribution in [0.5, 0.6) is 0 Å². The van der Waals surface area contributed by atoms with Crippen LogP contribution in [0.4, 0.5) is 8.78 Å². The van der Waals surface area contributed by atoms with Crippen LogP contribution in [-0.4, -0.2) is 23.6 Å². The zero-order valence-electron chi connectivity index (χ0n) is 13.9. The Morgan fingerprint density at radius 3 is 1.88 bits per heavy atom. The molecule has 4 rings (SSSR count). The van der Waals surface area contributed by atoms with Gasteiger partial charge < -0.3 is 15.3 Å². The molecule has 0 bridgehead atoms. The third-order valence-electron chi connectivity index (χ3n) is 4.76. The lowest BCUT2D eigenvalue weighted by atomic mass is 9.87. The maximum atomic E-state index is 14.4. The summed E-state index contributed by atoms with van der Waals surface area (Å²) in [5.74, 6) is -0.652. The number of nitrogens with one attached hydrogen (secondary N) is 3. The first kappa shape index (κ1) is 15.8. The predicted octanol–water partition coefficient (Wildman–Crippen LogP) is 4.67. The van der Waals surface area contributed by atoms with Gasteiger partial charge in [-0.1, -0.05) is 0 Å². The summed E-state index contributed by atoms with van der Waals surface area (Å²) >= 11 is 0. The first-order chi connectivity index (χ1) is 12.2. The molecule has 128 valence electrons. The Balaban J connectivity index is 1.85. The number of fused-ring (bicyclic) bond motifs is 2. The number of aromatic nitrogens is 2. The summed E-state index contributed by atoms with van der Waals surface area (Å²) in [7, 11) is 1.88. The second-order valence-electron chi connectivity index (χ2n) is 6.33. The monoisotopic (exact) mass is 339 g/mol. The van der Waals surface area contributed by atoms with Crippen LogP contribution >= 0.6 is 0 Å². The van der Waals surface area contributed by atoms with Gasteiger partial charge in [-0.25, -0.2) is 8.78 Å². The molecule has 0 atom stereocenters. The molecule has 0 fully saturated rings. The van der Waals surface area contributed by atoms with Gasteiger partial charge in [-0.2, -0.15) is 0 Å². The van der Waals surface area contributed by atoms with Crippen molar-refractivity contribution in [3.63, 3.8) is 0 Å². The van der Waals surface area contributed by atoms with E-state index in [0.29, 0.717) is 11.0 Å². The minimum absolute atomic E-state index is 0.0879. The Kier molecular flexibility index (Phi) is 4.01. The molecule has 0 amide bonds. The molecule has 0 aliphatic heterocycles. The van der Waals surface area contributed by atoms with Crippen molar-refractivity contribution in [3.8, 4) is 0 Å². The van der Waals surface area contributed by atoms with E-state index in [1.807, 2.05) is 31.3 Å². The van der Waals surface area contributed by atoms with Gasteiger partial charge in [0.1, 0.15) is 11.6 Å². The highest BCUT2D eigenvalue weighted by Gasteiger charge is 2.19. The number of H-pyrrole nitrogens is 2. The van der Waals surface area contributed by atoms with Crippen molar-refractivity contribution in [2.45, 2.75) is 12.3 Å². The molecule has 0 radical (unpaired) electrons. The summed E-state index contributed by atoms with van der Waals surface area (Å²) in [4.78, 5) is 5.83. The van der Waals surface area contributed by atoms with Crippen molar-refractivity contribution in [3.05, 3.63) is 71.6 Å². The molecule has 2 aromatic heterocycles. The predicted molar refractivity (Wildman–Crippen MR) is 96.9 cm³/mol. The van der Waals surface area contributed by atoms with Crippen LogP contribution < -0.4 is 5.32 Å². The minimum atomic E-state index is -0.282. The molecule has 0 unspecified atom stereocenters. The fraction of sp³-hybridized carbons (Fsp3) is 0.200. The lowest BCUT2D eigenvalue weighted by Crippen LogP contribution is -2.13. The zero-order chi connectivity index (χ0) is 17.4. The lowest BCUT2D eigenvalue weighted by molar-refractivity contribution is 0.616. The van der Waals surface area contributed by atoms with E-state index in [1.165, 1.54) is 0 Å². The lowest BCUT2D eigenvalue weighted by Gasteiger charge is -2.19. The van der Waals surface area contributed by atoms with E-state index in [0.717, 1.165) is 34.9 Å². The van der Waals surface area contributed by atoms with E-state index < -0.39 is 0 Å². The van der Waals surface area contributed by atoms with Gasteiger partial charge in [0, 0.05) is 29.1 Å². The molecule has 0 aliphatic rings. The van der Waals surface area contributed by atoms with Gasteiger partial charge >= 0.3 is 0 Å². The Hall–Kier alpha value is -2.66. The van der Waals surface area contributed by atoms with Gasteiger partial charge in [0.2, 0.25) is 0 Å². The summed E-state index contributed by atoms with van der Waals surface area (Å²) in [5, 5.41) is 4.78. The van der Waals surface area contributed by atoms with Gasteiger partial charge in [-0.3, -0.25) is 0 Å². The Labute approximate surface area is 144 Å². The van der Waals surface area contributed by atoms with Crippen molar-refractivity contribution < 1.29 is 8.78 Å². The van der Waals surface area contributed by atoms with E-state index in [2.05, 4.69) is 15.3 Å². The summed E-state index contributed by atoms with van der Waals surface area (Å²) in [6.07, 6.45) is 4.21. The van der Waals surface area contributed by atoms with Crippen molar-refractivity contribution >= 4 is 21.8 Å². The maximum absolute atomic E-state index is 14.4. The highest BCUT2D eigenvalue weighted by molar-refractivity contribution is 5.82. The van der Waals surface area contributed by atoms with E-state index in [9.17, 15) is 8.78 Å². The number of hydrogen-bond acceptors (Lipinski definition) is 1. The number of benzene rings is 2.